The van der Waals surface area contributed by atoms with Gasteiger partial charge in [0.15, 0.2) is 0 Å². The largest absolute Gasteiger partial charge is 0.744 e. The number of benzene rings is 6. The molecule has 2 aromatic heterocycles. The minimum absolute atomic E-state index is 0.00734. The summed E-state index contributed by atoms with van der Waals surface area (Å²) >= 11 is 0. The number of aromatic nitrogens is 6. The van der Waals surface area contributed by atoms with Gasteiger partial charge >= 0.3 is 0 Å². The Kier molecular flexibility index (Phi) is 12.4. The third-order valence-electron chi connectivity index (χ3n) is 8.91. The number of hydrogen-bond acceptors (Lipinski definition) is 18. The minimum atomic E-state index is -5.12. The Balaban J connectivity index is 1.07. The van der Waals surface area contributed by atoms with E-state index in [0.29, 0.717) is 22.7 Å². The number of nitrogens with zero attached hydrogens (tertiary/aromatic N) is 6. The van der Waals surface area contributed by atoms with Gasteiger partial charge in [-0.1, -0.05) is 97.1 Å². The molecule has 320 valence electrons. The minimum Gasteiger partial charge on any atom is -0.744 e. The molecule has 0 saturated heterocycles. The van der Waals surface area contributed by atoms with Crippen LogP contribution >= 0.6 is 0 Å². The summed E-state index contributed by atoms with van der Waals surface area (Å²) in [6.45, 7) is 0. The summed E-state index contributed by atoms with van der Waals surface area (Å²) in [4.78, 5) is 25.3. The van der Waals surface area contributed by atoms with Gasteiger partial charge in [0.25, 0.3) is 0 Å². The molecular formula is C44H34N12O6S2-2. The monoisotopic (exact) mass is 890 g/mol. The molecule has 0 spiro atoms. The summed E-state index contributed by atoms with van der Waals surface area (Å²) in [7, 11) is -10.2. The standard InChI is InChI=1S/C44H36N12O6S2/c57-63(58,59)37-27-35(49-43-53-39(45-31-13-5-1-6-14-31)51-40(54-43)46-32-15-7-2-8-16-32)25-23-29(37)21-22-30-24-26-36(28-38(30)64(60,61)62)50-44-55-41(47-33-17-9-3-10-18-33)52-42(56-44)48-34-19-11-4-12-20-34/h1-28H,(H,57,58,59)(H,60,61,62)(H3,45,46,49,51,53,54)(H3,47,48,50,52,55,56)/p-2. The van der Waals surface area contributed by atoms with Gasteiger partial charge in [-0.05, 0) is 83.9 Å². The van der Waals surface area contributed by atoms with Crippen molar-refractivity contribution in [1.29, 1.82) is 0 Å². The van der Waals surface area contributed by atoms with Crippen molar-refractivity contribution in [2.75, 3.05) is 31.9 Å². The molecule has 0 unspecified atom stereocenters. The molecule has 0 aliphatic heterocycles. The van der Waals surface area contributed by atoms with Gasteiger partial charge in [0.1, 0.15) is 20.2 Å². The van der Waals surface area contributed by atoms with Gasteiger partial charge in [0, 0.05) is 34.1 Å². The molecule has 20 heteroatoms. The number of nitrogens with one attached hydrogen (secondary N) is 6. The first-order chi connectivity index (χ1) is 30.9. The van der Waals surface area contributed by atoms with Crippen LogP contribution in [0.15, 0.2) is 168 Å². The van der Waals surface area contributed by atoms with Crippen LogP contribution in [0.25, 0.3) is 12.2 Å². The van der Waals surface area contributed by atoms with Crippen molar-refractivity contribution >= 4 is 102 Å². The van der Waals surface area contributed by atoms with E-state index < -0.39 is 30.0 Å². The summed E-state index contributed by atoms with van der Waals surface area (Å²) in [5, 5.41) is 18.3. The van der Waals surface area contributed by atoms with E-state index in [9.17, 15) is 25.9 Å². The molecule has 6 aromatic carbocycles. The predicted octanol–water partition coefficient (Wildman–Crippen LogP) is 8.50. The maximum Gasteiger partial charge on any atom is 0.233 e. The van der Waals surface area contributed by atoms with E-state index in [4.69, 9.17) is 0 Å². The molecule has 8 rings (SSSR count). The van der Waals surface area contributed by atoms with Crippen LogP contribution in [0.5, 0.6) is 0 Å². The lowest BCUT2D eigenvalue weighted by molar-refractivity contribution is 0.460. The lowest BCUT2D eigenvalue weighted by Crippen LogP contribution is -2.08. The first kappa shape index (κ1) is 42.4. The maximum absolute atomic E-state index is 12.6. The zero-order valence-electron chi connectivity index (χ0n) is 33.1. The quantitative estimate of drug-likeness (QED) is 0.0392. The second-order valence-electron chi connectivity index (χ2n) is 13.6. The van der Waals surface area contributed by atoms with E-state index in [0.717, 1.165) is 12.1 Å². The van der Waals surface area contributed by atoms with Gasteiger partial charge in [-0.25, -0.2) is 16.8 Å². The average Bonchev–Trinajstić information content (AvgIpc) is 3.27. The molecule has 0 saturated carbocycles. The molecule has 0 atom stereocenters. The van der Waals surface area contributed by atoms with Crippen LogP contribution in [-0.4, -0.2) is 55.8 Å². The highest BCUT2D eigenvalue weighted by molar-refractivity contribution is 7.86. The Hall–Kier alpha value is -8.30. The topological polar surface area (TPSA) is 264 Å². The van der Waals surface area contributed by atoms with Gasteiger partial charge in [-0.15, -0.1) is 0 Å². The number of hydrogen-bond donors (Lipinski definition) is 6. The Morgan fingerprint density at radius 1 is 0.328 bits per heavy atom. The zero-order chi connectivity index (χ0) is 44.5. The summed E-state index contributed by atoms with van der Waals surface area (Å²) in [5.41, 5.74) is 2.86. The SMILES string of the molecule is O=S(=O)([O-])c1cc(Nc2nc(Nc3ccccc3)nc(Nc3ccccc3)n2)ccc1C=Cc1ccc(Nc2nc(Nc3ccccc3)nc(Nc3ccccc3)n2)cc1S(=O)(=O)[O-]. The Morgan fingerprint density at radius 3 is 0.797 bits per heavy atom. The Labute approximate surface area is 367 Å². The van der Waals surface area contributed by atoms with Crippen LogP contribution < -0.4 is 31.9 Å². The molecule has 0 radical (unpaired) electrons. The van der Waals surface area contributed by atoms with Crippen molar-refractivity contribution in [3.63, 3.8) is 0 Å². The van der Waals surface area contributed by atoms with Crippen molar-refractivity contribution in [3.8, 4) is 0 Å². The molecule has 0 fully saturated rings. The van der Waals surface area contributed by atoms with E-state index in [2.05, 4.69) is 61.8 Å². The first-order valence-corrected chi connectivity index (χ1v) is 21.9. The fourth-order valence-electron chi connectivity index (χ4n) is 6.06. The van der Waals surface area contributed by atoms with Crippen molar-refractivity contribution in [3.05, 3.63) is 169 Å². The predicted molar refractivity (Wildman–Crippen MR) is 243 cm³/mol. The molecule has 8 aromatic rings. The van der Waals surface area contributed by atoms with Gasteiger partial charge in [-0.2, -0.15) is 29.9 Å². The number of anilines is 12. The fraction of sp³-hybridized carbons (Fsp3) is 0. The molecule has 0 aliphatic carbocycles. The maximum atomic E-state index is 12.6. The third-order valence-corrected chi connectivity index (χ3v) is 10.7. The van der Waals surface area contributed by atoms with E-state index in [1.807, 2.05) is 121 Å². The summed E-state index contributed by atoms with van der Waals surface area (Å²) in [5.74, 6) is 0.650. The summed E-state index contributed by atoms with van der Waals surface area (Å²) in [6.07, 6.45) is 2.43. The lowest BCUT2D eigenvalue weighted by Gasteiger charge is -2.16. The van der Waals surface area contributed by atoms with Gasteiger partial charge in [0.05, 0.1) is 9.79 Å². The van der Waals surface area contributed by atoms with E-state index in [1.165, 1.54) is 36.4 Å². The van der Waals surface area contributed by atoms with Crippen molar-refractivity contribution in [1.82, 2.24) is 29.9 Å². The molecular weight excluding hydrogens is 857 g/mol. The molecule has 18 nitrogen and oxygen atoms in total. The van der Waals surface area contributed by atoms with Crippen molar-refractivity contribution in [2.45, 2.75) is 9.79 Å². The highest BCUT2D eigenvalue weighted by Gasteiger charge is 2.15. The molecule has 2 heterocycles. The number of para-hydroxylation sites is 4. The molecule has 0 bridgehead atoms. The second-order valence-corrected chi connectivity index (χ2v) is 16.3. The van der Waals surface area contributed by atoms with Crippen LogP contribution in [-0.2, 0) is 20.2 Å². The van der Waals surface area contributed by atoms with Crippen LogP contribution in [0.1, 0.15) is 11.1 Å². The molecule has 6 N–H and O–H groups in total. The Bertz CT molecular complexity index is 2840. The van der Waals surface area contributed by atoms with E-state index in [-0.39, 0.29) is 58.2 Å². The molecule has 0 aliphatic rings. The molecule has 0 amide bonds. The first-order valence-electron chi connectivity index (χ1n) is 19.1. The van der Waals surface area contributed by atoms with Gasteiger partial charge in [0.2, 0.25) is 35.7 Å². The average molecular weight is 891 g/mol. The highest BCUT2D eigenvalue weighted by atomic mass is 32.2. The third kappa shape index (κ3) is 11.3. The van der Waals surface area contributed by atoms with Crippen LogP contribution in [0, 0.1) is 0 Å². The van der Waals surface area contributed by atoms with Crippen LogP contribution in [0.3, 0.4) is 0 Å². The molecule has 64 heavy (non-hydrogen) atoms. The fourth-order valence-corrected chi connectivity index (χ4v) is 7.45. The number of rotatable bonds is 16. The lowest BCUT2D eigenvalue weighted by atomic mass is 10.1. The van der Waals surface area contributed by atoms with Crippen LogP contribution in [0.4, 0.5) is 69.8 Å². The van der Waals surface area contributed by atoms with E-state index in [1.54, 1.807) is 0 Å². The highest BCUT2D eigenvalue weighted by Crippen LogP contribution is 2.29. The van der Waals surface area contributed by atoms with Gasteiger partial charge in [-0.3, -0.25) is 0 Å². The zero-order valence-corrected chi connectivity index (χ0v) is 34.7. The van der Waals surface area contributed by atoms with E-state index >= 15 is 0 Å². The smallest absolute Gasteiger partial charge is 0.233 e. The normalized spacial score (nSPS) is 11.5. The Morgan fingerprint density at radius 2 is 0.562 bits per heavy atom. The second kappa shape index (κ2) is 18.8. The van der Waals surface area contributed by atoms with Crippen molar-refractivity contribution < 1.29 is 25.9 Å². The van der Waals surface area contributed by atoms with Crippen LogP contribution in [0.2, 0.25) is 0 Å². The van der Waals surface area contributed by atoms with Crippen molar-refractivity contribution in [2.24, 2.45) is 0 Å². The van der Waals surface area contributed by atoms with Gasteiger partial charge < -0.3 is 41.0 Å². The summed E-state index contributed by atoms with van der Waals surface area (Å²) in [6, 6.07) is 44.4. The summed E-state index contributed by atoms with van der Waals surface area (Å²) < 4.78 is 75.7.